The van der Waals surface area contributed by atoms with Crippen molar-refractivity contribution in [2.24, 2.45) is 0 Å². The Morgan fingerprint density at radius 1 is 1.35 bits per heavy atom. The molecule has 2 atom stereocenters. The van der Waals surface area contributed by atoms with Gasteiger partial charge >= 0.3 is 5.97 Å². The maximum Gasteiger partial charge on any atom is 0.360 e. The highest BCUT2D eigenvalue weighted by molar-refractivity contribution is 5.88. The zero-order valence-electron chi connectivity index (χ0n) is 12.2. The predicted molar refractivity (Wildman–Crippen MR) is 70.4 cm³/mol. The van der Waals surface area contributed by atoms with E-state index in [2.05, 4.69) is 10.3 Å². The van der Waals surface area contributed by atoms with Gasteiger partial charge in [-0.15, -0.1) is 5.10 Å². The fourth-order valence-electron chi connectivity index (χ4n) is 2.69. The van der Waals surface area contributed by atoms with E-state index in [1.807, 2.05) is 0 Å². The number of carbonyl (C=O) groups is 1. The summed E-state index contributed by atoms with van der Waals surface area (Å²) in [5, 5.41) is 8.08. The highest BCUT2D eigenvalue weighted by Gasteiger charge is 2.28. The highest BCUT2D eigenvalue weighted by Crippen LogP contribution is 2.31. The van der Waals surface area contributed by atoms with E-state index in [0.29, 0.717) is 5.69 Å². The molecule has 0 amide bonds. The summed E-state index contributed by atoms with van der Waals surface area (Å²) in [4.78, 5) is 11.7. The minimum absolute atomic E-state index is 0.185. The molecule has 1 aliphatic rings. The zero-order chi connectivity index (χ0) is 14.5. The molecule has 1 heterocycles. The number of hydrogen-bond acceptors (Lipinski definition) is 6. The molecule has 0 radical (unpaired) electrons. The van der Waals surface area contributed by atoms with Gasteiger partial charge in [0.25, 0.3) is 0 Å². The van der Waals surface area contributed by atoms with Crippen molar-refractivity contribution < 1.29 is 19.0 Å². The fourth-order valence-corrected chi connectivity index (χ4v) is 2.69. The minimum Gasteiger partial charge on any atom is -0.464 e. The first kappa shape index (κ1) is 14.9. The lowest BCUT2D eigenvalue weighted by molar-refractivity contribution is 0.0484. The molecule has 7 heteroatoms. The lowest BCUT2D eigenvalue weighted by atomic mass is 9.93. The van der Waals surface area contributed by atoms with Gasteiger partial charge in [0.15, 0.2) is 5.69 Å². The molecule has 20 heavy (non-hydrogen) atoms. The Morgan fingerprint density at radius 2 is 2.15 bits per heavy atom. The SMILES string of the molecule is COCc1c(C(=O)OC)nnn1C1CCCC(OC)C1. The number of nitrogens with zero attached hydrogens (tertiary/aromatic N) is 3. The van der Waals surface area contributed by atoms with Crippen LogP contribution < -0.4 is 0 Å². The summed E-state index contributed by atoms with van der Waals surface area (Å²) in [6.45, 7) is 0.283. The van der Waals surface area contributed by atoms with Crippen molar-refractivity contribution in [2.75, 3.05) is 21.3 Å². The van der Waals surface area contributed by atoms with Crippen molar-refractivity contribution >= 4 is 5.97 Å². The first-order chi connectivity index (χ1) is 9.71. The first-order valence-corrected chi connectivity index (χ1v) is 6.75. The van der Waals surface area contributed by atoms with E-state index in [-0.39, 0.29) is 24.4 Å². The molecule has 0 spiro atoms. The van der Waals surface area contributed by atoms with Crippen LogP contribution in [0.3, 0.4) is 0 Å². The molecule has 2 rings (SSSR count). The van der Waals surface area contributed by atoms with Gasteiger partial charge in [0.1, 0.15) is 0 Å². The minimum atomic E-state index is -0.484. The van der Waals surface area contributed by atoms with Crippen molar-refractivity contribution in [1.82, 2.24) is 15.0 Å². The van der Waals surface area contributed by atoms with Gasteiger partial charge in [0.05, 0.1) is 31.6 Å². The number of aromatic nitrogens is 3. The maximum absolute atomic E-state index is 11.7. The molecule has 1 aliphatic carbocycles. The van der Waals surface area contributed by atoms with Crippen LogP contribution in [0.1, 0.15) is 47.9 Å². The highest BCUT2D eigenvalue weighted by atomic mass is 16.5. The molecule has 0 aliphatic heterocycles. The van der Waals surface area contributed by atoms with Crippen LogP contribution in [0.25, 0.3) is 0 Å². The molecule has 1 aromatic rings. The third-order valence-electron chi connectivity index (χ3n) is 3.73. The van der Waals surface area contributed by atoms with Crippen LogP contribution in [0.15, 0.2) is 0 Å². The molecule has 7 nitrogen and oxygen atoms in total. The Hall–Kier alpha value is -1.47. The van der Waals surface area contributed by atoms with E-state index in [1.165, 1.54) is 7.11 Å². The standard InChI is InChI=1S/C13H21N3O4/c1-18-8-11-12(13(17)20-3)14-15-16(11)9-5-4-6-10(7-9)19-2/h9-10H,4-8H2,1-3H3. The van der Waals surface area contributed by atoms with Gasteiger partial charge < -0.3 is 14.2 Å². The Bertz CT molecular complexity index is 460. The van der Waals surface area contributed by atoms with Crippen LogP contribution in [-0.2, 0) is 20.8 Å². The average Bonchev–Trinajstić information content (AvgIpc) is 2.90. The summed E-state index contributed by atoms with van der Waals surface area (Å²) in [6.07, 6.45) is 4.24. The van der Waals surface area contributed by atoms with Gasteiger partial charge in [-0.25, -0.2) is 9.48 Å². The van der Waals surface area contributed by atoms with Crippen LogP contribution >= 0.6 is 0 Å². The Labute approximate surface area is 118 Å². The lowest BCUT2D eigenvalue weighted by Gasteiger charge is -2.28. The van der Waals surface area contributed by atoms with Crippen LogP contribution in [0.5, 0.6) is 0 Å². The van der Waals surface area contributed by atoms with E-state index in [0.717, 1.165) is 25.7 Å². The topological polar surface area (TPSA) is 75.5 Å². The smallest absolute Gasteiger partial charge is 0.360 e. The van der Waals surface area contributed by atoms with E-state index >= 15 is 0 Å². The van der Waals surface area contributed by atoms with Gasteiger partial charge in [-0.05, 0) is 25.7 Å². The molecule has 112 valence electrons. The molecular formula is C13H21N3O4. The maximum atomic E-state index is 11.7. The lowest BCUT2D eigenvalue weighted by Crippen LogP contribution is -2.26. The number of ether oxygens (including phenoxy) is 3. The normalized spacial score (nSPS) is 22.8. The molecule has 2 unspecified atom stereocenters. The second-order valence-corrected chi connectivity index (χ2v) is 4.93. The van der Waals surface area contributed by atoms with Crippen molar-refractivity contribution in [3.63, 3.8) is 0 Å². The Kier molecular flexibility index (Phi) is 5.08. The van der Waals surface area contributed by atoms with Crippen molar-refractivity contribution in [3.05, 3.63) is 11.4 Å². The third-order valence-corrected chi connectivity index (χ3v) is 3.73. The Morgan fingerprint density at radius 3 is 2.80 bits per heavy atom. The number of esters is 1. The van der Waals surface area contributed by atoms with Gasteiger partial charge in [-0.1, -0.05) is 5.21 Å². The zero-order valence-corrected chi connectivity index (χ0v) is 12.2. The van der Waals surface area contributed by atoms with Crippen LogP contribution in [0, 0.1) is 0 Å². The van der Waals surface area contributed by atoms with Crippen molar-refractivity contribution in [3.8, 4) is 0 Å². The number of rotatable bonds is 5. The third kappa shape index (κ3) is 2.99. The summed E-state index contributed by atoms with van der Waals surface area (Å²) in [6, 6.07) is 0.185. The quantitative estimate of drug-likeness (QED) is 0.759. The summed E-state index contributed by atoms with van der Waals surface area (Å²) >= 11 is 0. The van der Waals surface area contributed by atoms with Crippen LogP contribution in [0.4, 0.5) is 0 Å². The van der Waals surface area contributed by atoms with Gasteiger partial charge in [-0.2, -0.15) is 0 Å². The van der Waals surface area contributed by atoms with Crippen molar-refractivity contribution in [2.45, 2.75) is 44.4 Å². The average molecular weight is 283 g/mol. The number of methoxy groups -OCH3 is 3. The van der Waals surface area contributed by atoms with Gasteiger partial charge in [0, 0.05) is 14.2 Å². The van der Waals surface area contributed by atoms with Crippen LogP contribution in [0.2, 0.25) is 0 Å². The van der Waals surface area contributed by atoms with E-state index in [4.69, 9.17) is 14.2 Å². The molecule has 1 saturated carbocycles. The Balaban J connectivity index is 2.26. The monoisotopic (exact) mass is 283 g/mol. The molecule has 1 fully saturated rings. The van der Waals surface area contributed by atoms with Crippen LogP contribution in [-0.4, -0.2) is 48.4 Å². The molecular weight excluding hydrogens is 262 g/mol. The largest absolute Gasteiger partial charge is 0.464 e. The number of hydrogen-bond donors (Lipinski definition) is 0. The summed E-state index contributed by atoms with van der Waals surface area (Å²) in [5.74, 6) is -0.484. The molecule has 0 aromatic carbocycles. The van der Waals surface area contributed by atoms with Gasteiger partial charge in [0.2, 0.25) is 0 Å². The van der Waals surface area contributed by atoms with E-state index < -0.39 is 5.97 Å². The summed E-state index contributed by atoms with van der Waals surface area (Å²) in [7, 11) is 4.64. The predicted octanol–water partition coefficient (Wildman–Crippen LogP) is 1.34. The van der Waals surface area contributed by atoms with E-state index in [9.17, 15) is 4.79 Å². The second kappa shape index (κ2) is 6.81. The second-order valence-electron chi connectivity index (χ2n) is 4.93. The number of carbonyl (C=O) groups excluding carboxylic acids is 1. The summed E-state index contributed by atoms with van der Waals surface area (Å²) in [5.41, 5.74) is 0.898. The van der Waals surface area contributed by atoms with Gasteiger partial charge in [-0.3, -0.25) is 0 Å². The molecule has 0 saturated heterocycles. The summed E-state index contributed by atoms with van der Waals surface area (Å²) < 4.78 is 17.1. The van der Waals surface area contributed by atoms with E-state index in [1.54, 1.807) is 18.9 Å². The molecule has 0 bridgehead atoms. The molecule has 0 N–H and O–H groups in total. The molecule has 1 aromatic heterocycles. The first-order valence-electron chi connectivity index (χ1n) is 6.75. The van der Waals surface area contributed by atoms with Crippen molar-refractivity contribution in [1.29, 1.82) is 0 Å². The fraction of sp³-hybridized carbons (Fsp3) is 0.769.